The number of aliphatic hydroxyl groups is 1. The summed E-state index contributed by atoms with van der Waals surface area (Å²) in [5.41, 5.74) is 0.605. The van der Waals surface area contributed by atoms with Gasteiger partial charge in [0.15, 0.2) is 0 Å². The third kappa shape index (κ3) is 3.91. The summed E-state index contributed by atoms with van der Waals surface area (Å²) >= 11 is 1.79. The Morgan fingerprint density at radius 3 is 2.86 bits per heavy atom. The molecule has 0 atom stereocenters. The van der Waals surface area contributed by atoms with E-state index in [0.29, 0.717) is 30.8 Å². The van der Waals surface area contributed by atoms with Crippen molar-refractivity contribution in [1.29, 1.82) is 0 Å². The first kappa shape index (κ1) is 16.6. The smallest absolute Gasteiger partial charge is 0.243 e. The van der Waals surface area contributed by atoms with Gasteiger partial charge in [0, 0.05) is 25.4 Å². The van der Waals surface area contributed by atoms with Crippen LogP contribution in [0, 0.1) is 0 Å². The lowest BCUT2D eigenvalue weighted by atomic mass is 10.1. The van der Waals surface area contributed by atoms with Crippen LogP contribution >= 0.6 is 11.8 Å². The third-order valence-corrected chi connectivity index (χ3v) is 6.50. The lowest BCUT2D eigenvalue weighted by Crippen LogP contribution is -2.33. The minimum absolute atomic E-state index is 0.0917. The highest BCUT2D eigenvalue weighted by Crippen LogP contribution is 2.26. The molecule has 0 radical (unpaired) electrons. The van der Waals surface area contributed by atoms with E-state index in [9.17, 15) is 13.5 Å². The summed E-state index contributed by atoms with van der Waals surface area (Å²) < 4.78 is 32.4. The van der Waals surface area contributed by atoms with E-state index >= 15 is 0 Å². The van der Waals surface area contributed by atoms with Gasteiger partial charge in [-0.15, -0.1) is 0 Å². The van der Waals surface area contributed by atoms with Crippen LogP contribution in [0.15, 0.2) is 23.1 Å². The van der Waals surface area contributed by atoms with Crippen LogP contribution < -0.4 is 4.74 Å². The maximum Gasteiger partial charge on any atom is 0.243 e. The SMILES string of the molecule is COc1ccc(S(=O)(=O)N2CCCSCC2)c(CCO)c1. The van der Waals surface area contributed by atoms with Crippen LogP contribution in [0.1, 0.15) is 12.0 Å². The summed E-state index contributed by atoms with van der Waals surface area (Å²) in [5, 5.41) is 9.18. The second-order valence-electron chi connectivity index (χ2n) is 4.82. The van der Waals surface area contributed by atoms with Crippen molar-refractivity contribution < 1.29 is 18.3 Å². The Kier molecular flexibility index (Phi) is 5.92. The van der Waals surface area contributed by atoms with Gasteiger partial charge in [0.1, 0.15) is 5.75 Å². The summed E-state index contributed by atoms with van der Waals surface area (Å²) in [4.78, 5) is 0.282. The van der Waals surface area contributed by atoms with E-state index in [1.807, 2.05) is 0 Å². The van der Waals surface area contributed by atoms with Gasteiger partial charge in [0.2, 0.25) is 10.0 Å². The third-order valence-electron chi connectivity index (χ3n) is 3.45. The normalized spacial score (nSPS) is 17.4. The Hall–Kier alpha value is -0.760. The number of sulfonamides is 1. The molecular formula is C14H21NO4S2. The molecule has 0 aliphatic carbocycles. The lowest BCUT2D eigenvalue weighted by molar-refractivity contribution is 0.298. The molecule has 1 aliphatic rings. The lowest BCUT2D eigenvalue weighted by Gasteiger charge is -2.21. The molecule has 0 aromatic heterocycles. The predicted octanol–water partition coefficient (Wildman–Crippen LogP) is 1.36. The monoisotopic (exact) mass is 331 g/mol. The average Bonchev–Trinajstić information content (AvgIpc) is 2.77. The van der Waals surface area contributed by atoms with E-state index in [0.717, 1.165) is 17.9 Å². The Labute approximate surface area is 130 Å². The first-order chi connectivity index (χ1) is 10.1. The van der Waals surface area contributed by atoms with Crippen LogP contribution in [-0.4, -0.2) is 56.1 Å². The van der Waals surface area contributed by atoms with Gasteiger partial charge < -0.3 is 9.84 Å². The Balaban J connectivity index is 2.37. The number of ether oxygens (including phenoxy) is 1. The molecule has 7 heteroatoms. The Morgan fingerprint density at radius 2 is 2.14 bits per heavy atom. The van der Waals surface area contributed by atoms with Gasteiger partial charge in [-0.25, -0.2) is 8.42 Å². The number of nitrogens with zero attached hydrogens (tertiary/aromatic N) is 1. The zero-order chi connectivity index (χ0) is 15.3. The topological polar surface area (TPSA) is 66.8 Å². The van der Waals surface area contributed by atoms with Crippen molar-refractivity contribution in [2.45, 2.75) is 17.7 Å². The van der Waals surface area contributed by atoms with Crippen LogP contribution in [0.25, 0.3) is 0 Å². The molecule has 0 spiro atoms. The van der Waals surface area contributed by atoms with Gasteiger partial charge in [-0.2, -0.15) is 16.1 Å². The van der Waals surface area contributed by atoms with Gasteiger partial charge >= 0.3 is 0 Å². The van der Waals surface area contributed by atoms with Crippen LogP contribution in [0.4, 0.5) is 0 Å². The molecule has 118 valence electrons. The van der Waals surface area contributed by atoms with Crippen LogP contribution in [0.5, 0.6) is 5.75 Å². The number of hydrogen-bond donors (Lipinski definition) is 1. The molecule has 1 heterocycles. The van der Waals surface area contributed by atoms with E-state index < -0.39 is 10.0 Å². The van der Waals surface area contributed by atoms with Crippen molar-refractivity contribution in [3.63, 3.8) is 0 Å². The highest BCUT2D eigenvalue weighted by molar-refractivity contribution is 7.99. The van der Waals surface area contributed by atoms with Gasteiger partial charge in [0.05, 0.1) is 12.0 Å². The molecular weight excluding hydrogens is 310 g/mol. The molecule has 1 saturated heterocycles. The van der Waals surface area contributed by atoms with E-state index in [1.165, 1.54) is 7.11 Å². The molecule has 21 heavy (non-hydrogen) atoms. The van der Waals surface area contributed by atoms with Gasteiger partial charge in [0.25, 0.3) is 0 Å². The second-order valence-corrected chi connectivity index (χ2v) is 7.95. The minimum atomic E-state index is -3.51. The number of benzene rings is 1. The molecule has 1 fully saturated rings. The maximum absolute atomic E-state index is 12.8. The van der Waals surface area contributed by atoms with Gasteiger partial charge in [-0.3, -0.25) is 0 Å². The van der Waals surface area contributed by atoms with Crippen LogP contribution in [0.3, 0.4) is 0 Å². The number of thioether (sulfide) groups is 1. The molecule has 1 N–H and O–H groups in total. The summed E-state index contributed by atoms with van der Waals surface area (Å²) in [6, 6.07) is 4.92. The predicted molar refractivity (Wildman–Crippen MR) is 84.5 cm³/mol. The first-order valence-corrected chi connectivity index (χ1v) is 9.54. The molecule has 1 aliphatic heterocycles. The number of methoxy groups -OCH3 is 1. The van der Waals surface area contributed by atoms with E-state index in [-0.39, 0.29) is 11.5 Å². The molecule has 1 aromatic carbocycles. The van der Waals surface area contributed by atoms with Crippen LogP contribution in [0.2, 0.25) is 0 Å². The molecule has 5 nitrogen and oxygen atoms in total. The highest BCUT2D eigenvalue weighted by Gasteiger charge is 2.27. The van der Waals surface area contributed by atoms with Crippen molar-refractivity contribution in [2.75, 3.05) is 38.3 Å². The van der Waals surface area contributed by atoms with Crippen LogP contribution in [-0.2, 0) is 16.4 Å². The quantitative estimate of drug-likeness (QED) is 0.882. The van der Waals surface area contributed by atoms with Crippen molar-refractivity contribution in [2.24, 2.45) is 0 Å². The number of rotatable bonds is 5. The highest BCUT2D eigenvalue weighted by atomic mass is 32.2. The molecule has 1 aromatic rings. The number of hydrogen-bond acceptors (Lipinski definition) is 5. The van der Waals surface area contributed by atoms with Crippen molar-refractivity contribution in [3.05, 3.63) is 23.8 Å². The summed E-state index contributed by atoms with van der Waals surface area (Å²) in [5.74, 6) is 2.42. The molecule has 0 unspecified atom stereocenters. The van der Waals surface area contributed by atoms with E-state index in [2.05, 4.69) is 0 Å². The summed E-state index contributed by atoms with van der Waals surface area (Å²) in [6.45, 7) is 1.00. The fourth-order valence-corrected chi connectivity index (χ4v) is 5.07. The fourth-order valence-electron chi connectivity index (χ4n) is 2.35. The molecule has 0 amide bonds. The Bertz CT molecular complexity index is 566. The standard InChI is InChI=1S/C14H21NO4S2/c1-19-13-3-4-14(12(11-13)5-8-16)21(17,18)15-6-2-9-20-10-7-15/h3-4,11,16H,2,5-10H2,1H3. The molecule has 0 saturated carbocycles. The van der Waals surface area contributed by atoms with Crippen molar-refractivity contribution in [3.8, 4) is 5.75 Å². The molecule has 0 bridgehead atoms. The van der Waals surface area contributed by atoms with Crippen molar-refractivity contribution in [1.82, 2.24) is 4.31 Å². The van der Waals surface area contributed by atoms with Gasteiger partial charge in [-0.05, 0) is 42.4 Å². The maximum atomic E-state index is 12.8. The largest absolute Gasteiger partial charge is 0.497 e. The fraction of sp³-hybridized carbons (Fsp3) is 0.571. The van der Waals surface area contributed by atoms with Crippen molar-refractivity contribution >= 4 is 21.8 Å². The number of aliphatic hydroxyl groups excluding tert-OH is 1. The zero-order valence-electron chi connectivity index (χ0n) is 12.1. The second kappa shape index (κ2) is 7.49. The Morgan fingerprint density at radius 1 is 1.33 bits per heavy atom. The molecule has 2 rings (SSSR count). The first-order valence-electron chi connectivity index (χ1n) is 6.95. The minimum Gasteiger partial charge on any atom is -0.497 e. The summed E-state index contributed by atoms with van der Waals surface area (Å²) in [6.07, 6.45) is 1.17. The van der Waals surface area contributed by atoms with E-state index in [1.54, 1.807) is 34.3 Å². The van der Waals surface area contributed by atoms with Gasteiger partial charge in [-0.1, -0.05) is 0 Å². The average molecular weight is 331 g/mol. The zero-order valence-corrected chi connectivity index (χ0v) is 13.8. The van der Waals surface area contributed by atoms with E-state index in [4.69, 9.17) is 4.74 Å². The summed E-state index contributed by atoms with van der Waals surface area (Å²) in [7, 11) is -1.97.